The standard InChI is InChI=1S/C34H24N2O/c1-4-12-23(13-5-1)28-20-26(21-32-33(28)27-18-10-11-19-31(27)37-32)34-35-29(24-14-6-2-7-15-24)22-30(36-34)25-16-8-3-9-17-25/h1-17,19-22,27H,18H2. The lowest BCUT2D eigenvalue weighted by atomic mass is 9.85. The molecule has 3 heteroatoms. The van der Waals surface area contributed by atoms with E-state index in [1.165, 1.54) is 16.7 Å². The Labute approximate surface area is 216 Å². The molecule has 2 aliphatic rings. The zero-order valence-electron chi connectivity index (χ0n) is 20.2. The van der Waals surface area contributed by atoms with Crippen molar-refractivity contribution in [2.45, 2.75) is 12.3 Å². The van der Waals surface area contributed by atoms with Crippen molar-refractivity contribution in [3.8, 4) is 50.8 Å². The summed E-state index contributed by atoms with van der Waals surface area (Å²) in [5, 5.41) is 0. The van der Waals surface area contributed by atoms with Gasteiger partial charge in [-0.3, -0.25) is 0 Å². The molecule has 7 rings (SSSR count). The van der Waals surface area contributed by atoms with Gasteiger partial charge in [-0.25, -0.2) is 9.97 Å². The minimum atomic E-state index is 0.237. The summed E-state index contributed by atoms with van der Waals surface area (Å²) in [5.74, 6) is 2.83. The fraction of sp³-hybridized carbons (Fsp3) is 0.0588. The summed E-state index contributed by atoms with van der Waals surface area (Å²) in [5.41, 5.74) is 8.44. The summed E-state index contributed by atoms with van der Waals surface area (Å²) in [7, 11) is 0. The van der Waals surface area contributed by atoms with E-state index in [-0.39, 0.29) is 5.92 Å². The number of nitrogens with zero attached hydrogens (tertiary/aromatic N) is 2. The molecule has 37 heavy (non-hydrogen) atoms. The minimum Gasteiger partial charge on any atom is -0.461 e. The Bertz CT molecular complexity index is 1600. The van der Waals surface area contributed by atoms with E-state index >= 15 is 0 Å². The van der Waals surface area contributed by atoms with Gasteiger partial charge in [-0.15, -0.1) is 0 Å². The van der Waals surface area contributed by atoms with Gasteiger partial charge in [0.2, 0.25) is 0 Å². The van der Waals surface area contributed by atoms with Gasteiger partial charge in [0, 0.05) is 28.2 Å². The Morgan fingerprint density at radius 3 is 1.84 bits per heavy atom. The number of ether oxygens (including phenoxy) is 1. The zero-order chi connectivity index (χ0) is 24.6. The van der Waals surface area contributed by atoms with Crippen LogP contribution in [0.1, 0.15) is 17.9 Å². The number of rotatable bonds is 4. The predicted molar refractivity (Wildman–Crippen MR) is 149 cm³/mol. The maximum Gasteiger partial charge on any atom is 0.160 e. The molecule has 1 aromatic heterocycles. The summed E-state index contributed by atoms with van der Waals surface area (Å²) in [4.78, 5) is 10.1. The van der Waals surface area contributed by atoms with Crippen LogP contribution in [-0.4, -0.2) is 9.97 Å². The summed E-state index contributed by atoms with van der Waals surface area (Å²) in [6.07, 6.45) is 7.33. The normalized spacial score (nSPS) is 15.5. The van der Waals surface area contributed by atoms with Gasteiger partial charge in [0.05, 0.1) is 11.4 Å². The van der Waals surface area contributed by atoms with Gasteiger partial charge in [-0.05, 0) is 41.8 Å². The maximum absolute atomic E-state index is 6.42. The van der Waals surface area contributed by atoms with Crippen molar-refractivity contribution in [2.24, 2.45) is 0 Å². The van der Waals surface area contributed by atoms with Crippen LogP contribution in [-0.2, 0) is 0 Å². The quantitative estimate of drug-likeness (QED) is 0.261. The highest BCUT2D eigenvalue weighted by molar-refractivity contribution is 5.80. The molecule has 1 atom stereocenters. The van der Waals surface area contributed by atoms with Crippen molar-refractivity contribution in [3.05, 3.63) is 139 Å². The molecular formula is C34H24N2O. The highest BCUT2D eigenvalue weighted by Gasteiger charge is 2.33. The molecule has 0 saturated heterocycles. The highest BCUT2D eigenvalue weighted by Crippen LogP contribution is 2.50. The molecule has 0 amide bonds. The van der Waals surface area contributed by atoms with Gasteiger partial charge in [0.15, 0.2) is 5.82 Å². The van der Waals surface area contributed by atoms with Crippen LogP contribution in [0.25, 0.3) is 45.0 Å². The number of hydrogen-bond donors (Lipinski definition) is 0. The second kappa shape index (κ2) is 9.03. The Balaban J connectivity index is 1.45. The number of aromatic nitrogens is 2. The molecule has 0 radical (unpaired) electrons. The average molecular weight is 477 g/mol. The summed E-state index contributed by atoms with van der Waals surface area (Å²) >= 11 is 0. The Morgan fingerprint density at radius 1 is 0.622 bits per heavy atom. The third-order valence-corrected chi connectivity index (χ3v) is 7.04. The first-order chi connectivity index (χ1) is 18.3. The van der Waals surface area contributed by atoms with E-state index in [0.717, 1.165) is 46.0 Å². The molecule has 0 spiro atoms. The van der Waals surface area contributed by atoms with Gasteiger partial charge in [-0.2, -0.15) is 0 Å². The molecule has 1 aliphatic carbocycles. The molecule has 0 N–H and O–H groups in total. The average Bonchev–Trinajstić information content (AvgIpc) is 3.36. The molecule has 0 saturated carbocycles. The van der Waals surface area contributed by atoms with Crippen molar-refractivity contribution < 1.29 is 4.74 Å². The lowest BCUT2D eigenvalue weighted by Gasteiger charge is -2.16. The van der Waals surface area contributed by atoms with Crippen molar-refractivity contribution in [3.63, 3.8) is 0 Å². The van der Waals surface area contributed by atoms with Gasteiger partial charge in [0.1, 0.15) is 11.5 Å². The molecule has 0 bridgehead atoms. The Kier molecular flexibility index (Phi) is 5.25. The third kappa shape index (κ3) is 3.95. The maximum atomic E-state index is 6.42. The molecule has 5 aromatic rings. The van der Waals surface area contributed by atoms with Crippen molar-refractivity contribution in [1.82, 2.24) is 9.97 Å². The second-order valence-electron chi connectivity index (χ2n) is 9.38. The molecule has 2 heterocycles. The molecule has 1 aliphatic heterocycles. The summed E-state index contributed by atoms with van der Waals surface area (Å²) < 4.78 is 6.42. The minimum absolute atomic E-state index is 0.237. The van der Waals surface area contributed by atoms with Crippen LogP contribution in [0, 0.1) is 0 Å². The van der Waals surface area contributed by atoms with E-state index in [1.807, 2.05) is 36.4 Å². The van der Waals surface area contributed by atoms with Gasteiger partial charge in [-0.1, -0.05) is 103 Å². The van der Waals surface area contributed by atoms with Crippen LogP contribution in [0.15, 0.2) is 133 Å². The lowest BCUT2D eigenvalue weighted by molar-refractivity contribution is 0.425. The van der Waals surface area contributed by atoms with E-state index in [2.05, 4.69) is 91.0 Å². The SMILES string of the molecule is C1=CCC2C(=C1)Oc1cc(-c3nc(-c4ccccc4)cc(-c4ccccc4)n3)cc(-c3ccccc3)c12. The Morgan fingerprint density at radius 2 is 1.22 bits per heavy atom. The van der Waals surface area contributed by atoms with Gasteiger partial charge in [0.25, 0.3) is 0 Å². The van der Waals surface area contributed by atoms with Crippen molar-refractivity contribution in [2.75, 3.05) is 0 Å². The van der Waals surface area contributed by atoms with Crippen LogP contribution in [0.3, 0.4) is 0 Å². The van der Waals surface area contributed by atoms with Crippen LogP contribution >= 0.6 is 0 Å². The fourth-order valence-corrected chi connectivity index (χ4v) is 5.25. The highest BCUT2D eigenvalue weighted by atomic mass is 16.5. The number of fused-ring (bicyclic) bond motifs is 3. The topological polar surface area (TPSA) is 35.0 Å². The smallest absolute Gasteiger partial charge is 0.160 e. The lowest BCUT2D eigenvalue weighted by Crippen LogP contribution is -2.01. The third-order valence-electron chi connectivity index (χ3n) is 7.04. The predicted octanol–water partition coefficient (Wildman–Crippen LogP) is 8.46. The van der Waals surface area contributed by atoms with E-state index in [9.17, 15) is 0 Å². The van der Waals surface area contributed by atoms with Crippen molar-refractivity contribution in [1.29, 1.82) is 0 Å². The summed E-state index contributed by atoms with van der Waals surface area (Å²) in [6, 6.07) is 37.5. The van der Waals surface area contributed by atoms with E-state index in [4.69, 9.17) is 14.7 Å². The second-order valence-corrected chi connectivity index (χ2v) is 9.38. The van der Waals surface area contributed by atoms with Crippen LogP contribution in [0.4, 0.5) is 0 Å². The van der Waals surface area contributed by atoms with Crippen LogP contribution < -0.4 is 4.74 Å². The van der Waals surface area contributed by atoms with Crippen LogP contribution in [0.2, 0.25) is 0 Å². The zero-order valence-corrected chi connectivity index (χ0v) is 20.2. The number of allylic oxidation sites excluding steroid dienone is 4. The molecule has 3 nitrogen and oxygen atoms in total. The van der Waals surface area contributed by atoms with Gasteiger partial charge < -0.3 is 4.74 Å². The van der Waals surface area contributed by atoms with Crippen LogP contribution in [0.5, 0.6) is 5.75 Å². The molecule has 0 fully saturated rings. The summed E-state index contributed by atoms with van der Waals surface area (Å²) in [6.45, 7) is 0. The molecule has 1 unspecified atom stereocenters. The first kappa shape index (κ1) is 21.5. The fourth-order valence-electron chi connectivity index (χ4n) is 5.25. The van der Waals surface area contributed by atoms with E-state index in [0.29, 0.717) is 5.82 Å². The monoisotopic (exact) mass is 476 g/mol. The van der Waals surface area contributed by atoms with Crippen molar-refractivity contribution >= 4 is 0 Å². The number of hydrogen-bond acceptors (Lipinski definition) is 3. The van der Waals surface area contributed by atoms with E-state index < -0.39 is 0 Å². The molecule has 176 valence electrons. The Hall–Kier alpha value is -4.76. The molecular weight excluding hydrogens is 452 g/mol. The molecule has 4 aromatic carbocycles. The number of benzene rings is 4. The van der Waals surface area contributed by atoms with E-state index in [1.54, 1.807) is 0 Å². The first-order valence-corrected chi connectivity index (χ1v) is 12.6. The first-order valence-electron chi connectivity index (χ1n) is 12.6. The van der Waals surface area contributed by atoms with Gasteiger partial charge >= 0.3 is 0 Å². The largest absolute Gasteiger partial charge is 0.461 e.